The molecule has 0 aliphatic carbocycles. The summed E-state index contributed by atoms with van der Waals surface area (Å²) in [7, 11) is 0. The summed E-state index contributed by atoms with van der Waals surface area (Å²) in [6.45, 7) is 2.84. The van der Waals surface area contributed by atoms with E-state index in [0.717, 1.165) is 18.6 Å². The molecule has 1 aliphatic heterocycles. The van der Waals surface area contributed by atoms with E-state index in [4.69, 9.17) is 5.73 Å². The normalized spacial score (nSPS) is 18.1. The second-order valence-corrected chi connectivity index (χ2v) is 4.95. The Morgan fingerprint density at radius 1 is 1.32 bits per heavy atom. The molecule has 1 amide bonds. The van der Waals surface area contributed by atoms with E-state index in [1.54, 1.807) is 4.90 Å². The molecule has 104 valence electrons. The Bertz CT molecular complexity index is 476. The van der Waals surface area contributed by atoms with Gasteiger partial charge in [0.2, 0.25) is 0 Å². The predicted octanol–water partition coefficient (Wildman–Crippen LogP) is 2.27. The summed E-state index contributed by atoms with van der Waals surface area (Å²) in [4.78, 5) is 13.5. The highest BCUT2D eigenvalue weighted by Gasteiger charge is 2.40. The average Bonchev–Trinajstić information content (AvgIpc) is 2.33. The molecule has 0 atom stereocenters. The van der Waals surface area contributed by atoms with Gasteiger partial charge in [-0.25, -0.2) is 0 Å². The number of nitrogens with two attached hydrogens (primary N) is 1. The molecule has 2 rings (SSSR count). The van der Waals surface area contributed by atoms with Gasteiger partial charge in [-0.2, -0.15) is 13.2 Å². The second-order valence-electron chi connectivity index (χ2n) is 4.95. The van der Waals surface area contributed by atoms with Crippen molar-refractivity contribution in [2.24, 2.45) is 5.73 Å². The molecule has 0 aromatic heterocycles. The van der Waals surface area contributed by atoms with E-state index in [1.165, 1.54) is 12.1 Å². The van der Waals surface area contributed by atoms with Gasteiger partial charge >= 0.3 is 6.18 Å². The van der Waals surface area contributed by atoms with Crippen molar-refractivity contribution in [1.82, 2.24) is 4.90 Å². The summed E-state index contributed by atoms with van der Waals surface area (Å²) < 4.78 is 37.2. The monoisotopic (exact) mass is 272 g/mol. The Balaban J connectivity index is 2.06. The largest absolute Gasteiger partial charge is 0.416 e. The third-order valence-corrected chi connectivity index (χ3v) is 3.46. The van der Waals surface area contributed by atoms with Crippen LogP contribution in [0.5, 0.6) is 0 Å². The molecule has 1 heterocycles. The zero-order valence-electron chi connectivity index (χ0n) is 10.5. The number of nitrogens with zero attached hydrogens (tertiary/aromatic N) is 1. The van der Waals surface area contributed by atoms with Gasteiger partial charge in [0.15, 0.2) is 0 Å². The summed E-state index contributed by atoms with van der Waals surface area (Å²) in [6.07, 6.45) is -3.61. The zero-order chi connectivity index (χ0) is 14.3. The van der Waals surface area contributed by atoms with Crippen LogP contribution >= 0.6 is 0 Å². The highest BCUT2D eigenvalue weighted by molar-refractivity contribution is 5.95. The third kappa shape index (κ3) is 2.73. The van der Waals surface area contributed by atoms with Crippen molar-refractivity contribution in [1.29, 1.82) is 0 Å². The standard InChI is InChI=1S/C13H15F3N2O/c1-2-12(17)7-18(8-12)11(19)9-3-5-10(6-4-9)13(14,15)16/h3-6H,2,7-8,17H2,1H3. The highest BCUT2D eigenvalue weighted by Crippen LogP contribution is 2.30. The summed E-state index contributed by atoms with van der Waals surface area (Å²) in [6, 6.07) is 4.24. The van der Waals surface area contributed by atoms with Crippen molar-refractivity contribution in [2.45, 2.75) is 25.1 Å². The molecular weight excluding hydrogens is 257 g/mol. The Morgan fingerprint density at radius 3 is 2.26 bits per heavy atom. The number of halogens is 3. The van der Waals surface area contributed by atoms with E-state index in [2.05, 4.69) is 0 Å². The summed E-state index contributed by atoms with van der Waals surface area (Å²) in [5.41, 5.74) is 5.10. The van der Waals surface area contributed by atoms with Gasteiger partial charge in [0, 0.05) is 18.7 Å². The molecule has 1 aromatic rings. The van der Waals surface area contributed by atoms with Crippen LogP contribution in [-0.4, -0.2) is 29.4 Å². The minimum atomic E-state index is -4.38. The zero-order valence-corrected chi connectivity index (χ0v) is 10.5. The number of alkyl halides is 3. The molecule has 19 heavy (non-hydrogen) atoms. The Hall–Kier alpha value is -1.56. The fraction of sp³-hybridized carbons (Fsp3) is 0.462. The van der Waals surface area contributed by atoms with E-state index < -0.39 is 11.7 Å². The number of carbonyl (C=O) groups excluding carboxylic acids is 1. The third-order valence-electron chi connectivity index (χ3n) is 3.46. The molecule has 2 N–H and O–H groups in total. The minimum Gasteiger partial charge on any atom is -0.335 e. The first-order valence-electron chi connectivity index (χ1n) is 6.00. The smallest absolute Gasteiger partial charge is 0.335 e. The van der Waals surface area contributed by atoms with Gasteiger partial charge in [-0.05, 0) is 30.7 Å². The highest BCUT2D eigenvalue weighted by atomic mass is 19.4. The molecule has 0 spiro atoms. The lowest BCUT2D eigenvalue weighted by molar-refractivity contribution is -0.137. The van der Waals surface area contributed by atoms with Crippen molar-refractivity contribution in [3.63, 3.8) is 0 Å². The van der Waals surface area contributed by atoms with Crippen molar-refractivity contribution in [3.05, 3.63) is 35.4 Å². The number of hydrogen-bond acceptors (Lipinski definition) is 2. The average molecular weight is 272 g/mol. The molecule has 0 saturated carbocycles. The van der Waals surface area contributed by atoms with Crippen LogP contribution in [0.2, 0.25) is 0 Å². The number of rotatable bonds is 2. The first-order valence-corrected chi connectivity index (χ1v) is 6.00. The van der Waals surface area contributed by atoms with Crippen LogP contribution in [0, 0.1) is 0 Å². The lowest BCUT2D eigenvalue weighted by Crippen LogP contribution is -2.68. The molecule has 1 aliphatic rings. The number of amides is 1. The van der Waals surface area contributed by atoms with Crippen molar-refractivity contribution < 1.29 is 18.0 Å². The number of likely N-dealkylation sites (tertiary alicyclic amines) is 1. The predicted molar refractivity (Wildman–Crippen MR) is 64.6 cm³/mol. The Morgan fingerprint density at radius 2 is 1.84 bits per heavy atom. The topological polar surface area (TPSA) is 46.3 Å². The van der Waals surface area contributed by atoms with Crippen molar-refractivity contribution in [3.8, 4) is 0 Å². The minimum absolute atomic E-state index is 0.256. The maximum atomic E-state index is 12.4. The quantitative estimate of drug-likeness (QED) is 0.897. The summed E-state index contributed by atoms with van der Waals surface area (Å²) in [5.74, 6) is -0.275. The molecule has 0 unspecified atom stereocenters. The molecule has 0 bridgehead atoms. The number of carbonyl (C=O) groups is 1. The summed E-state index contributed by atoms with van der Waals surface area (Å²) >= 11 is 0. The van der Waals surface area contributed by atoms with Gasteiger partial charge in [0.25, 0.3) is 5.91 Å². The van der Waals surface area contributed by atoms with Gasteiger partial charge < -0.3 is 10.6 Å². The fourth-order valence-electron chi connectivity index (χ4n) is 2.07. The van der Waals surface area contributed by atoms with E-state index in [1.807, 2.05) is 6.92 Å². The van der Waals surface area contributed by atoms with E-state index in [-0.39, 0.29) is 17.0 Å². The first-order chi connectivity index (χ1) is 8.75. The van der Waals surface area contributed by atoms with Gasteiger partial charge in [-0.15, -0.1) is 0 Å². The van der Waals surface area contributed by atoms with Crippen LogP contribution in [0.4, 0.5) is 13.2 Å². The van der Waals surface area contributed by atoms with Crippen LogP contribution in [0.15, 0.2) is 24.3 Å². The van der Waals surface area contributed by atoms with Crippen LogP contribution < -0.4 is 5.73 Å². The van der Waals surface area contributed by atoms with Gasteiger partial charge in [-0.3, -0.25) is 4.79 Å². The number of benzene rings is 1. The summed E-state index contributed by atoms with van der Waals surface area (Å²) in [5, 5.41) is 0. The second kappa shape index (κ2) is 4.52. The van der Waals surface area contributed by atoms with Crippen molar-refractivity contribution >= 4 is 5.91 Å². The van der Waals surface area contributed by atoms with E-state index in [9.17, 15) is 18.0 Å². The van der Waals surface area contributed by atoms with E-state index >= 15 is 0 Å². The fourth-order valence-corrected chi connectivity index (χ4v) is 2.07. The van der Waals surface area contributed by atoms with Crippen LogP contribution in [0.3, 0.4) is 0 Å². The molecule has 3 nitrogen and oxygen atoms in total. The van der Waals surface area contributed by atoms with Crippen LogP contribution in [0.1, 0.15) is 29.3 Å². The maximum absolute atomic E-state index is 12.4. The van der Waals surface area contributed by atoms with Gasteiger partial charge in [0.05, 0.1) is 11.1 Å². The molecule has 0 radical (unpaired) electrons. The molecular formula is C13H15F3N2O. The van der Waals surface area contributed by atoms with Crippen LogP contribution in [-0.2, 0) is 6.18 Å². The van der Waals surface area contributed by atoms with Crippen molar-refractivity contribution in [2.75, 3.05) is 13.1 Å². The van der Waals surface area contributed by atoms with E-state index in [0.29, 0.717) is 13.1 Å². The number of hydrogen-bond donors (Lipinski definition) is 1. The molecule has 1 fully saturated rings. The molecule has 6 heteroatoms. The maximum Gasteiger partial charge on any atom is 0.416 e. The van der Waals surface area contributed by atoms with Gasteiger partial charge in [0.1, 0.15) is 0 Å². The first kappa shape index (κ1) is 13.9. The molecule has 1 saturated heterocycles. The molecule has 1 aromatic carbocycles. The SMILES string of the molecule is CCC1(N)CN(C(=O)c2ccc(C(F)(F)F)cc2)C1. The lowest BCUT2D eigenvalue weighted by Gasteiger charge is -2.47. The lowest BCUT2D eigenvalue weighted by atomic mass is 9.88. The Labute approximate surface area is 109 Å². The van der Waals surface area contributed by atoms with Crippen LogP contribution in [0.25, 0.3) is 0 Å². The van der Waals surface area contributed by atoms with Gasteiger partial charge in [-0.1, -0.05) is 6.92 Å². The Kier molecular flexibility index (Phi) is 3.30.